The number of nitrogens with one attached hydrogen (secondary N) is 1. The van der Waals surface area contributed by atoms with E-state index in [9.17, 15) is 0 Å². The van der Waals surface area contributed by atoms with Gasteiger partial charge in [0.15, 0.2) is 0 Å². The topological polar surface area (TPSA) is 15.3 Å². The van der Waals surface area contributed by atoms with Crippen molar-refractivity contribution in [2.24, 2.45) is 5.92 Å². The molecule has 3 heteroatoms. The Morgan fingerprint density at radius 1 is 1.21 bits per heavy atom. The van der Waals surface area contributed by atoms with Gasteiger partial charge in [0.05, 0.1) is 0 Å². The monoisotopic (exact) mass is 320 g/mol. The summed E-state index contributed by atoms with van der Waals surface area (Å²) in [4.78, 5) is 2.81. The van der Waals surface area contributed by atoms with E-state index >= 15 is 0 Å². The molecule has 0 radical (unpaired) electrons. The van der Waals surface area contributed by atoms with Gasteiger partial charge in [-0.15, -0.1) is 0 Å². The van der Waals surface area contributed by atoms with Crippen molar-refractivity contribution < 1.29 is 0 Å². The van der Waals surface area contributed by atoms with E-state index in [-0.39, 0.29) is 0 Å². The Hall–Kier alpha value is -0.380. The maximum atomic E-state index is 3.72. The van der Waals surface area contributed by atoms with Gasteiger partial charge >= 0.3 is 0 Å². The van der Waals surface area contributed by atoms with Crippen LogP contribution in [0.25, 0.3) is 0 Å². The van der Waals surface area contributed by atoms with Gasteiger partial charge in [0.1, 0.15) is 0 Å². The van der Waals surface area contributed by atoms with Crippen molar-refractivity contribution >= 4 is 15.9 Å². The Morgan fingerprint density at radius 2 is 2.16 bits per heavy atom. The van der Waals surface area contributed by atoms with Gasteiger partial charge < -0.3 is 5.32 Å². The van der Waals surface area contributed by atoms with Crippen LogP contribution in [0, 0.1) is 5.92 Å². The summed E-state index contributed by atoms with van der Waals surface area (Å²) in [5, 5.41) is 3.60. The third-order valence-electron chi connectivity index (χ3n) is 5.30. The van der Waals surface area contributed by atoms with Gasteiger partial charge in [0, 0.05) is 23.1 Å². The molecule has 0 bridgehead atoms. The third kappa shape index (κ3) is 1.98. The molecule has 0 aromatic heterocycles. The van der Waals surface area contributed by atoms with Gasteiger partial charge in [-0.05, 0) is 61.9 Å². The Morgan fingerprint density at radius 3 is 3.11 bits per heavy atom. The normalized spacial score (nSPS) is 34.3. The highest BCUT2D eigenvalue weighted by Gasteiger charge is 2.40. The highest BCUT2D eigenvalue weighted by Crippen LogP contribution is 2.42. The molecule has 1 N–H and O–H groups in total. The number of fused-ring (bicyclic) bond motifs is 2. The van der Waals surface area contributed by atoms with Gasteiger partial charge in [-0.25, -0.2) is 0 Å². The van der Waals surface area contributed by atoms with Crippen LogP contribution in [0.4, 0.5) is 0 Å². The Labute approximate surface area is 123 Å². The zero-order valence-electron chi connectivity index (χ0n) is 11.2. The van der Waals surface area contributed by atoms with Crippen molar-refractivity contribution in [3.8, 4) is 0 Å². The molecule has 3 aliphatic rings. The summed E-state index contributed by atoms with van der Waals surface area (Å²) < 4.78 is 1.31. The van der Waals surface area contributed by atoms with Crippen LogP contribution in [0.2, 0.25) is 0 Å². The summed E-state index contributed by atoms with van der Waals surface area (Å²) in [7, 11) is 0. The second kappa shape index (κ2) is 4.87. The van der Waals surface area contributed by atoms with E-state index in [0.717, 1.165) is 12.0 Å². The highest BCUT2D eigenvalue weighted by atomic mass is 79.9. The van der Waals surface area contributed by atoms with E-state index in [1.54, 1.807) is 11.1 Å². The largest absolute Gasteiger partial charge is 0.315 e. The molecule has 2 nitrogen and oxygen atoms in total. The lowest BCUT2D eigenvalue weighted by molar-refractivity contribution is 0.0771. The number of halogens is 1. The van der Waals surface area contributed by atoms with Gasteiger partial charge in [-0.1, -0.05) is 28.1 Å². The molecule has 2 fully saturated rings. The van der Waals surface area contributed by atoms with E-state index in [1.165, 1.54) is 49.8 Å². The molecule has 2 aliphatic heterocycles. The first-order valence-corrected chi connectivity index (χ1v) is 8.37. The Kier molecular flexibility index (Phi) is 3.17. The Balaban J connectivity index is 1.66. The minimum Gasteiger partial charge on any atom is -0.315 e. The van der Waals surface area contributed by atoms with Crippen LogP contribution < -0.4 is 5.32 Å². The molecular formula is C16H21BrN2. The van der Waals surface area contributed by atoms with Crippen LogP contribution in [0.5, 0.6) is 0 Å². The van der Waals surface area contributed by atoms with E-state index in [0.29, 0.717) is 6.04 Å². The minimum atomic E-state index is 0.667. The van der Waals surface area contributed by atoms with Crippen molar-refractivity contribution in [3.05, 3.63) is 33.8 Å². The summed E-state index contributed by atoms with van der Waals surface area (Å²) in [6.45, 7) is 3.73. The molecule has 19 heavy (non-hydrogen) atoms. The molecule has 1 aliphatic carbocycles. The van der Waals surface area contributed by atoms with Gasteiger partial charge in [0.2, 0.25) is 0 Å². The molecule has 0 amide bonds. The number of piperidine rings is 1. The van der Waals surface area contributed by atoms with Crippen molar-refractivity contribution in [2.75, 3.05) is 19.6 Å². The SMILES string of the molecule is Brc1cccc2c1CCC2N1CCCC2CNCC21. The van der Waals surface area contributed by atoms with Crippen molar-refractivity contribution in [1.82, 2.24) is 10.2 Å². The molecule has 2 saturated heterocycles. The van der Waals surface area contributed by atoms with Crippen molar-refractivity contribution in [3.63, 3.8) is 0 Å². The first-order chi connectivity index (χ1) is 9.34. The number of nitrogens with zero attached hydrogens (tertiary/aromatic N) is 1. The Bertz CT molecular complexity index is 488. The van der Waals surface area contributed by atoms with Gasteiger partial charge in [-0.2, -0.15) is 0 Å². The zero-order chi connectivity index (χ0) is 12.8. The highest BCUT2D eigenvalue weighted by molar-refractivity contribution is 9.10. The predicted octanol–water partition coefficient (Wildman–Crippen LogP) is 3.12. The average Bonchev–Trinajstić information content (AvgIpc) is 3.05. The molecule has 4 rings (SSSR count). The molecular weight excluding hydrogens is 300 g/mol. The maximum Gasteiger partial charge on any atom is 0.0358 e. The quantitative estimate of drug-likeness (QED) is 0.855. The molecule has 3 atom stereocenters. The lowest BCUT2D eigenvalue weighted by atomic mass is 9.89. The van der Waals surface area contributed by atoms with E-state index in [1.807, 2.05) is 0 Å². The van der Waals surface area contributed by atoms with Crippen LogP contribution >= 0.6 is 15.9 Å². The molecule has 0 saturated carbocycles. The molecule has 102 valence electrons. The molecule has 2 heterocycles. The average molecular weight is 321 g/mol. The van der Waals surface area contributed by atoms with Gasteiger partial charge in [-0.3, -0.25) is 4.90 Å². The van der Waals surface area contributed by atoms with Crippen LogP contribution in [0.3, 0.4) is 0 Å². The second-order valence-corrected chi connectivity index (χ2v) is 7.08. The fourth-order valence-corrected chi connectivity index (χ4v) is 5.00. The fourth-order valence-electron chi connectivity index (χ4n) is 4.42. The van der Waals surface area contributed by atoms with Crippen molar-refractivity contribution in [2.45, 2.75) is 37.8 Å². The standard InChI is InChI=1S/C16H21BrN2/c17-14-5-1-4-13-12(14)6-7-15(13)19-8-2-3-11-9-18-10-16(11)19/h1,4-5,11,15-16,18H,2-3,6-10H2. The summed E-state index contributed by atoms with van der Waals surface area (Å²) in [5.74, 6) is 0.893. The summed E-state index contributed by atoms with van der Waals surface area (Å²) in [6, 6.07) is 8.19. The van der Waals surface area contributed by atoms with Crippen LogP contribution in [-0.2, 0) is 6.42 Å². The first-order valence-electron chi connectivity index (χ1n) is 7.58. The van der Waals surface area contributed by atoms with E-state index < -0.39 is 0 Å². The number of hydrogen-bond donors (Lipinski definition) is 1. The lowest BCUT2D eigenvalue weighted by Gasteiger charge is -2.41. The minimum absolute atomic E-state index is 0.667. The molecule has 1 aromatic carbocycles. The second-order valence-electron chi connectivity index (χ2n) is 6.23. The molecule has 3 unspecified atom stereocenters. The zero-order valence-corrected chi connectivity index (χ0v) is 12.8. The molecule has 1 aromatic rings. The number of hydrogen-bond acceptors (Lipinski definition) is 2. The summed E-state index contributed by atoms with van der Waals surface area (Å²) in [5.41, 5.74) is 3.14. The smallest absolute Gasteiger partial charge is 0.0358 e. The predicted molar refractivity (Wildman–Crippen MR) is 81.3 cm³/mol. The fraction of sp³-hybridized carbons (Fsp3) is 0.625. The molecule has 0 spiro atoms. The van der Waals surface area contributed by atoms with Crippen LogP contribution in [0.15, 0.2) is 22.7 Å². The van der Waals surface area contributed by atoms with Crippen LogP contribution in [0.1, 0.15) is 36.4 Å². The van der Waals surface area contributed by atoms with E-state index in [2.05, 4.69) is 44.3 Å². The van der Waals surface area contributed by atoms with Crippen LogP contribution in [-0.4, -0.2) is 30.6 Å². The van der Waals surface area contributed by atoms with Crippen molar-refractivity contribution in [1.29, 1.82) is 0 Å². The number of rotatable bonds is 1. The number of likely N-dealkylation sites (tertiary alicyclic amines) is 1. The first kappa shape index (κ1) is 12.4. The maximum absolute atomic E-state index is 3.72. The number of benzene rings is 1. The van der Waals surface area contributed by atoms with E-state index in [4.69, 9.17) is 0 Å². The summed E-state index contributed by atoms with van der Waals surface area (Å²) >= 11 is 3.72. The third-order valence-corrected chi connectivity index (χ3v) is 6.05. The summed E-state index contributed by atoms with van der Waals surface area (Å²) in [6.07, 6.45) is 5.35. The van der Waals surface area contributed by atoms with Gasteiger partial charge in [0.25, 0.3) is 0 Å². The lowest BCUT2D eigenvalue weighted by Crippen LogP contribution is -2.46.